The van der Waals surface area contributed by atoms with E-state index in [1.165, 1.54) is 25.0 Å². The SMILES string of the molecule is CC1(c2cncn2C2CCOC2C2CC2)CCNC1. The molecule has 0 bridgehead atoms. The zero-order valence-corrected chi connectivity index (χ0v) is 11.6. The third-order valence-electron chi connectivity index (χ3n) is 5.20. The van der Waals surface area contributed by atoms with Crippen LogP contribution < -0.4 is 5.32 Å². The number of hydrogen-bond donors (Lipinski definition) is 1. The molecule has 0 radical (unpaired) electrons. The van der Waals surface area contributed by atoms with Crippen LogP contribution >= 0.6 is 0 Å². The topological polar surface area (TPSA) is 39.1 Å². The number of aromatic nitrogens is 2. The summed E-state index contributed by atoms with van der Waals surface area (Å²) in [6.07, 6.45) is 9.61. The number of imidazole rings is 1. The van der Waals surface area contributed by atoms with Gasteiger partial charge in [0.05, 0.1) is 18.5 Å². The summed E-state index contributed by atoms with van der Waals surface area (Å²) < 4.78 is 8.43. The molecule has 1 aromatic heterocycles. The maximum absolute atomic E-state index is 6.00. The second kappa shape index (κ2) is 4.32. The van der Waals surface area contributed by atoms with E-state index < -0.39 is 0 Å². The van der Waals surface area contributed by atoms with Crippen LogP contribution in [-0.2, 0) is 10.2 Å². The van der Waals surface area contributed by atoms with Crippen molar-refractivity contribution >= 4 is 0 Å². The fourth-order valence-corrected chi connectivity index (χ4v) is 3.84. The van der Waals surface area contributed by atoms with Gasteiger partial charge < -0.3 is 14.6 Å². The molecule has 104 valence electrons. The van der Waals surface area contributed by atoms with Crippen molar-refractivity contribution in [2.75, 3.05) is 19.7 Å². The van der Waals surface area contributed by atoms with Crippen molar-refractivity contribution in [1.82, 2.24) is 14.9 Å². The highest BCUT2D eigenvalue weighted by Gasteiger charge is 2.43. The Balaban J connectivity index is 1.66. The highest BCUT2D eigenvalue weighted by molar-refractivity contribution is 5.19. The van der Waals surface area contributed by atoms with Gasteiger partial charge in [0, 0.05) is 30.5 Å². The summed E-state index contributed by atoms with van der Waals surface area (Å²) in [5.41, 5.74) is 1.64. The van der Waals surface area contributed by atoms with E-state index in [1.807, 2.05) is 6.33 Å². The van der Waals surface area contributed by atoms with Crippen molar-refractivity contribution in [2.24, 2.45) is 5.92 Å². The minimum atomic E-state index is 0.243. The molecule has 1 saturated carbocycles. The summed E-state index contributed by atoms with van der Waals surface area (Å²) in [6.45, 7) is 5.47. The van der Waals surface area contributed by atoms with Gasteiger partial charge in [0.15, 0.2) is 0 Å². The summed E-state index contributed by atoms with van der Waals surface area (Å²) >= 11 is 0. The largest absolute Gasteiger partial charge is 0.376 e. The number of nitrogens with zero attached hydrogens (tertiary/aromatic N) is 2. The van der Waals surface area contributed by atoms with Gasteiger partial charge in [0.1, 0.15) is 0 Å². The fraction of sp³-hybridized carbons (Fsp3) is 0.800. The quantitative estimate of drug-likeness (QED) is 0.903. The normalized spacial score (nSPS) is 39.0. The Morgan fingerprint density at radius 2 is 2.32 bits per heavy atom. The average Bonchev–Trinajstić information content (AvgIpc) is 2.88. The van der Waals surface area contributed by atoms with Crippen molar-refractivity contribution in [3.05, 3.63) is 18.2 Å². The van der Waals surface area contributed by atoms with Gasteiger partial charge >= 0.3 is 0 Å². The van der Waals surface area contributed by atoms with Crippen molar-refractivity contribution in [2.45, 2.75) is 50.2 Å². The first-order chi connectivity index (χ1) is 9.28. The molecule has 4 rings (SSSR count). The van der Waals surface area contributed by atoms with E-state index >= 15 is 0 Å². The van der Waals surface area contributed by atoms with Gasteiger partial charge in [-0.05, 0) is 38.1 Å². The fourth-order valence-electron chi connectivity index (χ4n) is 3.84. The van der Waals surface area contributed by atoms with E-state index in [9.17, 15) is 0 Å². The second-order valence-corrected chi connectivity index (χ2v) is 6.70. The number of ether oxygens (including phenoxy) is 1. The Hall–Kier alpha value is -0.870. The molecular weight excluding hydrogens is 238 g/mol. The molecule has 2 saturated heterocycles. The third-order valence-corrected chi connectivity index (χ3v) is 5.20. The Bertz CT molecular complexity index is 460. The maximum atomic E-state index is 6.00. The minimum absolute atomic E-state index is 0.243. The molecule has 3 fully saturated rings. The highest BCUT2D eigenvalue weighted by Crippen LogP contribution is 2.44. The molecule has 3 unspecified atom stereocenters. The number of nitrogens with one attached hydrogen (secondary N) is 1. The average molecular weight is 261 g/mol. The van der Waals surface area contributed by atoms with Crippen LogP contribution in [0.5, 0.6) is 0 Å². The monoisotopic (exact) mass is 261 g/mol. The minimum Gasteiger partial charge on any atom is -0.376 e. The first kappa shape index (κ1) is 11.9. The molecule has 2 aliphatic heterocycles. The Kier molecular flexibility index (Phi) is 2.71. The van der Waals surface area contributed by atoms with Crippen molar-refractivity contribution in [3.8, 4) is 0 Å². The maximum Gasteiger partial charge on any atom is 0.0951 e. The predicted octanol–water partition coefficient (Wildman–Crippen LogP) is 1.87. The summed E-state index contributed by atoms with van der Waals surface area (Å²) in [6, 6.07) is 0.516. The van der Waals surface area contributed by atoms with Gasteiger partial charge in [-0.3, -0.25) is 0 Å². The molecule has 0 spiro atoms. The molecule has 4 heteroatoms. The van der Waals surface area contributed by atoms with E-state index in [1.54, 1.807) is 0 Å². The Morgan fingerprint density at radius 3 is 3.05 bits per heavy atom. The summed E-state index contributed by atoms with van der Waals surface area (Å²) in [4.78, 5) is 4.45. The van der Waals surface area contributed by atoms with E-state index in [-0.39, 0.29) is 5.41 Å². The molecule has 0 aromatic carbocycles. The molecule has 3 atom stereocenters. The first-order valence-corrected chi connectivity index (χ1v) is 7.63. The molecule has 0 amide bonds. The van der Waals surface area contributed by atoms with Crippen molar-refractivity contribution < 1.29 is 4.74 Å². The molecule has 1 aliphatic carbocycles. The molecule has 1 aromatic rings. The van der Waals surface area contributed by atoms with Crippen molar-refractivity contribution in [3.63, 3.8) is 0 Å². The van der Waals surface area contributed by atoms with Crippen molar-refractivity contribution in [1.29, 1.82) is 0 Å². The van der Waals surface area contributed by atoms with Gasteiger partial charge in [-0.25, -0.2) is 4.98 Å². The molecular formula is C15H23N3O. The van der Waals surface area contributed by atoms with Crippen LogP contribution in [0.4, 0.5) is 0 Å². The Labute approximate surface area is 114 Å². The smallest absolute Gasteiger partial charge is 0.0951 e. The zero-order valence-electron chi connectivity index (χ0n) is 11.6. The second-order valence-electron chi connectivity index (χ2n) is 6.70. The van der Waals surface area contributed by atoms with E-state index in [2.05, 4.69) is 28.0 Å². The lowest BCUT2D eigenvalue weighted by atomic mass is 9.85. The van der Waals surface area contributed by atoms with Gasteiger partial charge in [0.2, 0.25) is 0 Å². The Morgan fingerprint density at radius 1 is 1.42 bits per heavy atom. The highest BCUT2D eigenvalue weighted by atomic mass is 16.5. The van der Waals surface area contributed by atoms with E-state index in [4.69, 9.17) is 4.74 Å². The van der Waals surface area contributed by atoms with Gasteiger partial charge in [0.25, 0.3) is 0 Å². The van der Waals surface area contributed by atoms with Crippen LogP contribution in [0.2, 0.25) is 0 Å². The number of hydrogen-bond acceptors (Lipinski definition) is 3. The van der Waals surface area contributed by atoms with Crippen LogP contribution in [-0.4, -0.2) is 35.4 Å². The molecule has 4 nitrogen and oxygen atoms in total. The van der Waals surface area contributed by atoms with Crippen LogP contribution in [0.25, 0.3) is 0 Å². The molecule has 3 aliphatic rings. The lowest BCUT2D eigenvalue weighted by Gasteiger charge is -2.29. The number of rotatable bonds is 3. The standard InChI is InChI=1S/C15H23N3O/c1-15(5-6-16-9-15)13-8-17-10-18(13)12-4-7-19-14(12)11-2-3-11/h8,10-12,14,16H,2-7,9H2,1H3. The summed E-state index contributed by atoms with van der Waals surface area (Å²) in [5, 5.41) is 3.49. The zero-order chi connectivity index (χ0) is 12.9. The molecule has 1 N–H and O–H groups in total. The first-order valence-electron chi connectivity index (χ1n) is 7.63. The third kappa shape index (κ3) is 1.93. The van der Waals surface area contributed by atoms with Crippen LogP contribution in [0.1, 0.15) is 44.3 Å². The van der Waals surface area contributed by atoms with E-state index in [0.717, 1.165) is 32.0 Å². The lowest BCUT2D eigenvalue weighted by Crippen LogP contribution is -2.31. The molecule has 19 heavy (non-hydrogen) atoms. The van der Waals surface area contributed by atoms with Gasteiger partial charge in [-0.15, -0.1) is 0 Å². The summed E-state index contributed by atoms with van der Waals surface area (Å²) in [5.74, 6) is 0.803. The van der Waals surface area contributed by atoms with Gasteiger partial charge in [-0.1, -0.05) is 6.92 Å². The predicted molar refractivity (Wildman–Crippen MR) is 73.2 cm³/mol. The molecule has 3 heterocycles. The summed E-state index contributed by atoms with van der Waals surface area (Å²) in [7, 11) is 0. The lowest BCUT2D eigenvalue weighted by molar-refractivity contribution is 0.0739. The van der Waals surface area contributed by atoms with Crippen LogP contribution in [0, 0.1) is 5.92 Å². The van der Waals surface area contributed by atoms with Crippen LogP contribution in [0.3, 0.4) is 0 Å². The van der Waals surface area contributed by atoms with Crippen LogP contribution in [0.15, 0.2) is 12.5 Å². The van der Waals surface area contributed by atoms with Gasteiger partial charge in [-0.2, -0.15) is 0 Å². The van der Waals surface area contributed by atoms with E-state index in [0.29, 0.717) is 12.1 Å².